The van der Waals surface area contributed by atoms with Gasteiger partial charge < -0.3 is 14.3 Å². The van der Waals surface area contributed by atoms with Gasteiger partial charge in [-0.3, -0.25) is 0 Å². The van der Waals surface area contributed by atoms with Crippen LogP contribution in [0.5, 0.6) is 0 Å². The van der Waals surface area contributed by atoms with E-state index >= 15 is 0 Å². The molecule has 1 fully saturated rings. The van der Waals surface area contributed by atoms with Gasteiger partial charge in [-0.15, -0.1) is 0 Å². The maximum Gasteiger partial charge on any atom is 0.109 e. The molecule has 2 unspecified atom stereocenters. The Morgan fingerprint density at radius 3 is 3.14 bits per heavy atom. The van der Waals surface area contributed by atoms with Gasteiger partial charge in [-0.25, -0.2) is 0 Å². The molecule has 0 aromatic carbocycles. The molecule has 3 nitrogen and oxygen atoms in total. The summed E-state index contributed by atoms with van der Waals surface area (Å²) in [6, 6.07) is 1.86. The Morgan fingerprint density at radius 2 is 2.50 bits per heavy atom. The number of furan rings is 1. The monoisotopic (exact) mass is 196 g/mol. The SMILES string of the molecule is CCc1occc1C(O)C1CCOC1. The summed E-state index contributed by atoms with van der Waals surface area (Å²) in [7, 11) is 0. The molecule has 1 aromatic rings. The first kappa shape index (κ1) is 9.74. The Kier molecular flexibility index (Phi) is 2.89. The topological polar surface area (TPSA) is 42.6 Å². The summed E-state index contributed by atoms with van der Waals surface area (Å²) in [4.78, 5) is 0. The minimum Gasteiger partial charge on any atom is -0.469 e. The molecule has 0 aliphatic carbocycles. The number of rotatable bonds is 3. The highest BCUT2D eigenvalue weighted by Crippen LogP contribution is 2.31. The Balaban J connectivity index is 2.12. The molecule has 1 aromatic heterocycles. The molecule has 3 heteroatoms. The lowest BCUT2D eigenvalue weighted by Crippen LogP contribution is -2.13. The highest BCUT2D eigenvalue weighted by atomic mass is 16.5. The number of aliphatic hydroxyl groups is 1. The highest BCUT2D eigenvalue weighted by molar-refractivity contribution is 5.20. The molecular formula is C11H16O3. The van der Waals surface area contributed by atoms with Crippen LogP contribution in [0.1, 0.15) is 30.8 Å². The average molecular weight is 196 g/mol. The Bertz CT molecular complexity index is 286. The summed E-state index contributed by atoms with van der Waals surface area (Å²) >= 11 is 0. The summed E-state index contributed by atoms with van der Waals surface area (Å²) in [5.41, 5.74) is 0.933. The van der Waals surface area contributed by atoms with Gasteiger partial charge in [-0.1, -0.05) is 6.92 Å². The van der Waals surface area contributed by atoms with Crippen LogP contribution in [0.25, 0.3) is 0 Å². The van der Waals surface area contributed by atoms with Gasteiger partial charge >= 0.3 is 0 Å². The van der Waals surface area contributed by atoms with Crippen molar-refractivity contribution in [2.24, 2.45) is 5.92 Å². The van der Waals surface area contributed by atoms with E-state index < -0.39 is 6.10 Å². The fraction of sp³-hybridized carbons (Fsp3) is 0.636. The predicted molar refractivity (Wildman–Crippen MR) is 52.0 cm³/mol. The van der Waals surface area contributed by atoms with Gasteiger partial charge in [0.25, 0.3) is 0 Å². The van der Waals surface area contributed by atoms with Crippen molar-refractivity contribution in [3.05, 3.63) is 23.7 Å². The first-order valence-electron chi connectivity index (χ1n) is 5.15. The minimum absolute atomic E-state index is 0.234. The largest absolute Gasteiger partial charge is 0.469 e. The molecule has 14 heavy (non-hydrogen) atoms. The maximum absolute atomic E-state index is 10.1. The molecule has 0 saturated carbocycles. The van der Waals surface area contributed by atoms with Crippen molar-refractivity contribution < 1.29 is 14.3 Å². The van der Waals surface area contributed by atoms with Crippen LogP contribution in [0, 0.1) is 5.92 Å². The van der Waals surface area contributed by atoms with Crippen LogP contribution in [0.4, 0.5) is 0 Å². The third kappa shape index (κ3) is 1.70. The number of ether oxygens (including phenoxy) is 1. The zero-order valence-corrected chi connectivity index (χ0v) is 8.40. The zero-order valence-electron chi connectivity index (χ0n) is 8.40. The Labute approximate surface area is 83.7 Å². The van der Waals surface area contributed by atoms with Gasteiger partial charge in [0.15, 0.2) is 0 Å². The van der Waals surface area contributed by atoms with E-state index in [0.29, 0.717) is 6.61 Å². The van der Waals surface area contributed by atoms with Gasteiger partial charge in [0.2, 0.25) is 0 Å². The molecule has 0 amide bonds. The van der Waals surface area contributed by atoms with E-state index in [2.05, 4.69) is 0 Å². The summed E-state index contributed by atoms with van der Waals surface area (Å²) in [6.45, 7) is 3.46. The van der Waals surface area contributed by atoms with E-state index in [4.69, 9.17) is 9.15 Å². The summed E-state index contributed by atoms with van der Waals surface area (Å²) < 4.78 is 10.6. The predicted octanol–water partition coefficient (Wildman–Crippen LogP) is 1.91. The Morgan fingerprint density at radius 1 is 1.64 bits per heavy atom. The molecule has 78 valence electrons. The summed E-state index contributed by atoms with van der Waals surface area (Å²) in [5, 5.41) is 10.1. The standard InChI is InChI=1S/C11H16O3/c1-2-10-9(4-6-14-10)11(12)8-3-5-13-7-8/h4,6,8,11-12H,2-3,5,7H2,1H3. The molecule has 1 aliphatic heterocycles. The molecule has 2 heterocycles. The molecule has 0 radical (unpaired) electrons. The molecule has 1 aliphatic rings. The van der Waals surface area contributed by atoms with Crippen molar-refractivity contribution in [2.75, 3.05) is 13.2 Å². The molecular weight excluding hydrogens is 180 g/mol. The van der Waals surface area contributed by atoms with Crippen LogP contribution < -0.4 is 0 Å². The second-order valence-electron chi connectivity index (χ2n) is 3.72. The summed E-state index contributed by atoms with van der Waals surface area (Å²) in [6.07, 6.45) is 2.99. The Hall–Kier alpha value is -0.800. The van der Waals surface area contributed by atoms with Crippen molar-refractivity contribution >= 4 is 0 Å². The van der Waals surface area contributed by atoms with Crippen LogP contribution in [0.3, 0.4) is 0 Å². The number of hydrogen-bond acceptors (Lipinski definition) is 3. The van der Waals surface area contributed by atoms with Crippen molar-refractivity contribution in [2.45, 2.75) is 25.9 Å². The lowest BCUT2D eigenvalue weighted by atomic mass is 9.95. The normalized spacial score (nSPS) is 24.0. The van der Waals surface area contributed by atoms with Crippen LogP contribution >= 0.6 is 0 Å². The van der Waals surface area contributed by atoms with Crippen molar-refractivity contribution in [3.63, 3.8) is 0 Å². The van der Waals surface area contributed by atoms with Gasteiger partial charge in [-0.2, -0.15) is 0 Å². The third-order valence-corrected chi connectivity index (χ3v) is 2.83. The van der Waals surface area contributed by atoms with Crippen LogP contribution in [0.2, 0.25) is 0 Å². The number of hydrogen-bond donors (Lipinski definition) is 1. The first-order chi connectivity index (χ1) is 6.83. The molecule has 1 N–H and O–H groups in total. The van der Waals surface area contributed by atoms with Crippen LogP contribution in [0.15, 0.2) is 16.7 Å². The molecule has 1 saturated heterocycles. The van der Waals surface area contributed by atoms with Crippen molar-refractivity contribution in [1.82, 2.24) is 0 Å². The minimum atomic E-state index is -0.425. The maximum atomic E-state index is 10.1. The molecule has 0 spiro atoms. The second-order valence-corrected chi connectivity index (χ2v) is 3.72. The van der Waals surface area contributed by atoms with E-state index in [0.717, 1.165) is 30.8 Å². The van der Waals surface area contributed by atoms with E-state index in [9.17, 15) is 5.11 Å². The van der Waals surface area contributed by atoms with Gasteiger partial charge in [0.05, 0.1) is 19.0 Å². The van der Waals surface area contributed by atoms with Crippen LogP contribution in [-0.2, 0) is 11.2 Å². The van der Waals surface area contributed by atoms with Crippen molar-refractivity contribution in [1.29, 1.82) is 0 Å². The molecule has 0 bridgehead atoms. The quantitative estimate of drug-likeness (QED) is 0.803. The number of aryl methyl sites for hydroxylation is 1. The van der Waals surface area contributed by atoms with Gasteiger partial charge in [0, 0.05) is 24.5 Å². The van der Waals surface area contributed by atoms with Crippen LogP contribution in [-0.4, -0.2) is 18.3 Å². The highest BCUT2D eigenvalue weighted by Gasteiger charge is 2.27. The smallest absolute Gasteiger partial charge is 0.109 e. The van der Waals surface area contributed by atoms with E-state index in [-0.39, 0.29) is 5.92 Å². The fourth-order valence-electron chi connectivity index (χ4n) is 1.96. The van der Waals surface area contributed by atoms with Gasteiger partial charge in [-0.05, 0) is 12.5 Å². The lowest BCUT2D eigenvalue weighted by molar-refractivity contribution is 0.0904. The molecule has 2 atom stereocenters. The second kappa shape index (κ2) is 4.15. The molecule has 2 rings (SSSR count). The van der Waals surface area contributed by atoms with E-state index in [1.807, 2.05) is 13.0 Å². The number of aliphatic hydroxyl groups excluding tert-OH is 1. The summed E-state index contributed by atoms with van der Waals surface area (Å²) in [5.74, 6) is 1.13. The fourth-order valence-corrected chi connectivity index (χ4v) is 1.96. The van der Waals surface area contributed by atoms with E-state index in [1.165, 1.54) is 0 Å². The van der Waals surface area contributed by atoms with E-state index in [1.54, 1.807) is 6.26 Å². The van der Waals surface area contributed by atoms with Gasteiger partial charge in [0.1, 0.15) is 5.76 Å². The van der Waals surface area contributed by atoms with Crippen molar-refractivity contribution in [3.8, 4) is 0 Å². The lowest BCUT2D eigenvalue weighted by Gasteiger charge is -2.15. The average Bonchev–Trinajstić information content (AvgIpc) is 2.87. The first-order valence-corrected chi connectivity index (χ1v) is 5.15. The zero-order chi connectivity index (χ0) is 9.97. The third-order valence-electron chi connectivity index (χ3n) is 2.83.